The standard InChI is InChI=1S/C7H15N.C6H14N2.C3H9N.CH4/c2*1-7-3-5-8(2)6-4-7;1-4(2)3;/h7H,3-6H2,1-2H3;3-6H2,1-2H3;1-3H3;1H4. The third-order valence-electron chi connectivity index (χ3n) is 3.73. The van der Waals surface area contributed by atoms with Gasteiger partial charge in [-0.3, -0.25) is 0 Å². The van der Waals surface area contributed by atoms with Gasteiger partial charge >= 0.3 is 0 Å². The lowest BCUT2D eigenvalue weighted by Gasteiger charge is -2.28. The van der Waals surface area contributed by atoms with Crippen LogP contribution in [0.15, 0.2) is 0 Å². The number of piperazine rings is 1. The summed E-state index contributed by atoms with van der Waals surface area (Å²) in [5.74, 6) is 0.978. The fraction of sp³-hybridized carbons (Fsp3) is 1.00. The zero-order chi connectivity index (χ0) is 15.5. The van der Waals surface area contributed by atoms with Gasteiger partial charge in [-0.15, -0.1) is 0 Å². The second-order valence-corrected chi connectivity index (χ2v) is 6.93. The third-order valence-corrected chi connectivity index (χ3v) is 3.73. The monoisotopic (exact) mass is 302 g/mol. The van der Waals surface area contributed by atoms with Crippen molar-refractivity contribution in [1.82, 2.24) is 19.6 Å². The van der Waals surface area contributed by atoms with Gasteiger partial charge in [0.25, 0.3) is 0 Å². The maximum Gasteiger partial charge on any atom is 0.0107 e. The average Bonchev–Trinajstić information content (AvgIpc) is 2.37. The van der Waals surface area contributed by atoms with Crippen molar-refractivity contribution in [2.45, 2.75) is 27.2 Å². The molecule has 0 N–H and O–H groups in total. The van der Waals surface area contributed by atoms with Gasteiger partial charge in [0.1, 0.15) is 0 Å². The Bertz CT molecular complexity index is 162. The minimum atomic E-state index is 0. The van der Waals surface area contributed by atoms with Crippen LogP contribution in [0.4, 0.5) is 0 Å². The van der Waals surface area contributed by atoms with Crippen molar-refractivity contribution in [3.8, 4) is 0 Å². The molecule has 0 saturated carbocycles. The Morgan fingerprint density at radius 3 is 1.14 bits per heavy atom. The molecule has 2 aliphatic heterocycles. The molecule has 21 heavy (non-hydrogen) atoms. The van der Waals surface area contributed by atoms with Crippen LogP contribution in [0.2, 0.25) is 0 Å². The van der Waals surface area contributed by atoms with Crippen molar-refractivity contribution in [3.05, 3.63) is 0 Å². The highest BCUT2D eigenvalue weighted by atomic mass is 15.2. The summed E-state index contributed by atoms with van der Waals surface area (Å²) in [6, 6.07) is 0. The van der Waals surface area contributed by atoms with E-state index in [2.05, 4.69) is 42.8 Å². The lowest BCUT2D eigenvalue weighted by molar-refractivity contribution is 0.181. The van der Waals surface area contributed by atoms with E-state index in [9.17, 15) is 0 Å². The first kappa shape index (κ1) is 23.1. The Balaban J connectivity index is 0. The second kappa shape index (κ2) is 13.5. The Morgan fingerprint density at radius 2 is 0.905 bits per heavy atom. The highest BCUT2D eigenvalue weighted by Gasteiger charge is 2.10. The number of likely N-dealkylation sites (N-methyl/N-ethyl adjacent to an activating group) is 2. The highest BCUT2D eigenvalue weighted by Crippen LogP contribution is 2.13. The van der Waals surface area contributed by atoms with Crippen LogP contribution in [-0.2, 0) is 0 Å². The molecule has 2 heterocycles. The van der Waals surface area contributed by atoms with Crippen molar-refractivity contribution in [3.63, 3.8) is 0 Å². The molecule has 0 spiro atoms. The molecule has 0 aromatic heterocycles. The Hall–Kier alpha value is -0.160. The van der Waals surface area contributed by atoms with Crippen LogP contribution in [0.1, 0.15) is 27.2 Å². The Labute approximate surface area is 135 Å². The first-order valence-corrected chi connectivity index (χ1v) is 7.97. The first-order valence-electron chi connectivity index (χ1n) is 7.97. The lowest BCUT2D eigenvalue weighted by atomic mass is 10.00. The molecule has 0 aromatic rings. The van der Waals surface area contributed by atoms with Gasteiger partial charge in [0, 0.05) is 26.2 Å². The van der Waals surface area contributed by atoms with E-state index < -0.39 is 0 Å². The van der Waals surface area contributed by atoms with E-state index in [0.29, 0.717) is 0 Å². The summed E-state index contributed by atoms with van der Waals surface area (Å²) in [5, 5.41) is 0. The molecule has 0 aliphatic carbocycles. The van der Waals surface area contributed by atoms with Crippen LogP contribution in [-0.4, -0.2) is 101 Å². The van der Waals surface area contributed by atoms with Crippen molar-refractivity contribution in [2.75, 3.05) is 81.6 Å². The van der Waals surface area contributed by atoms with Crippen molar-refractivity contribution in [2.24, 2.45) is 5.92 Å². The van der Waals surface area contributed by atoms with Crippen molar-refractivity contribution in [1.29, 1.82) is 0 Å². The van der Waals surface area contributed by atoms with Crippen molar-refractivity contribution < 1.29 is 0 Å². The molecule has 0 unspecified atom stereocenters. The zero-order valence-electron chi connectivity index (χ0n) is 15.0. The number of rotatable bonds is 0. The number of likely N-dealkylation sites (tertiary alicyclic amines) is 1. The minimum Gasteiger partial charge on any atom is -0.312 e. The lowest BCUT2D eigenvalue weighted by Crippen LogP contribution is -2.42. The fourth-order valence-corrected chi connectivity index (χ4v) is 2.04. The molecule has 130 valence electrons. The molecule has 0 amide bonds. The van der Waals surface area contributed by atoms with Crippen molar-refractivity contribution >= 4 is 0 Å². The van der Waals surface area contributed by atoms with E-state index in [0.717, 1.165) is 5.92 Å². The van der Waals surface area contributed by atoms with E-state index in [-0.39, 0.29) is 7.43 Å². The van der Waals surface area contributed by atoms with Crippen LogP contribution in [0.3, 0.4) is 0 Å². The molecule has 0 aromatic carbocycles. The predicted octanol–water partition coefficient (Wildman–Crippen LogP) is 2.03. The number of hydrogen-bond acceptors (Lipinski definition) is 4. The highest BCUT2D eigenvalue weighted by molar-refractivity contribution is 4.65. The molecule has 0 bridgehead atoms. The van der Waals surface area contributed by atoms with E-state index in [1.807, 2.05) is 26.0 Å². The SMILES string of the molecule is C.CC1CCN(C)CC1.CN(C)C.CN1CCN(C)CC1. The van der Waals surface area contributed by atoms with Gasteiger partial charge in [-0.05, 0) is 74.1 Å². The minimum absolute atomic E-state index is 0. The van der Waals surface area contributed by atoms with Crippen LogP contribution in [0.25, 0.3) is 0 Å². The number of piperidine rings is 1. The van der Waals surface area contributed by atoms with Crippen LogP contribution in [0, 0.1) is 5.92 Å². The molecule has 2 rings (SSSR count). The predicted molar refractivity (Wildman–Crippen MR) is 97.2 cm³/mol. The van der Waals surface area contributed by atoms with E-state index in [1.165, 1.54) is 52.1 Å². The molecule has 4 nitrogen and oxygen atoms in total. The van der Waals surface area contributed by atoms with Gasteiger partial charge in [-0.25, -0.2) is 0 Å². The maximum absolute atomic E-state index is 2.40. The summed E-state index contributed by atoms with van der Waals surface area (Å²) in [5.41, 5.74) is 0. The van der Waals surface area contributed by atoms with Gasteiger partial charge in [0.2, 0.25) is 0 Å². The van der Waals surface area contributed by atoms with Gasteiger partial charge in [0.15, 0.2) is 0 Å². The summed E-state index contributed by atoms with van der Waals surface area (Å²) < 4.78 is 0. The smallest absolute Gasteiger partial charge is 0.0107 e. The van der Waals surface area contributed by atoms with Crippen LogP contribution >= 0.6 is 0 Å². The summed E-state index contributed by atoms with van der Waals surface area (Å²) in [6.45, 7) is 9.88. The van der Waals surface area contributed by atoms with E-state index in [4.69, 9.17) is 0 Å². The summed E-state index contributed by atoms with van der Waals surface area (Å²) in [6.07, 6.45) is 2.80. The summed E-state index contributed by atoms with van der Waals surface area (Å²) in [4.78, 5) is 9.12. The largest absolute Gasteiger partial charge is 0.312 e. The maximum atomic E-state index is 2.40. The average molecular weight is 303 g/mol. The first-order chi connectivity index (χ1) is 9.31. The van der Waals surface area contributed by atoms with Gasteiger partial charge < -0.3 is 19.6 Å². The Kier molecular flexibility index (Phi) is 14.9. The molecule has 4 heteroatoms. The molecule has 2 aliphatic rings. The second-order valence-electron chi connectivity index (χ2n) is 6.93. The zero-order valence-corrected chi connectivity index (χ0v) is 15.0. The topological polar surface area (TPSA) is 13.0 Å². The van der Waals surface area contributed by atoms with E-state index in [1.54, 1.807) is 0 Å². The van der Waals surface area contributed by atoms with Gasteiger partial charge in [0.05, 0.1) is 0 Å². The van der Waals surface area contributed by atoms with Crippen LogP contribution in [0.5, 0.6) is 0 Å². The molecule has 0 radical (unpaired) electrons. The third kappa shape index (κ3) is 16.0. The number of hydrogen-bond donors (Lipinski definition) is 0. The molecular weight excluding hydrogens is 260 g/mol. The van der Waals surface area contributed by atoms with Gasteiger partial charge in [-0.2, -0.15) is 0 Å². The molecule has 0 atom stereocenters. The van der Waals surface area contributed by atoms with E-state index >= 15 is 0 Å². The van der Waals surface area contributed by atoms with Crippen LogP contribution < -0.4 is 0 Å². The molecular formula is C17H42N4. The fourth-order valence-electron chi connectivity index (χ4n) is 2.04. The molecule has 2 saturated heterocycles. The Morgan fingerprint density at radius 1 is 0.667 bits per heavy atom. The summed E-state index contributed by atoms with van der Waals surface area (Å²) >= 11 is 0. The summed E-state index contributed by atoms with van der Waals surface area (Å²) in [7, 11) is 12.5. The molecule has 2 fully saturated rings. The quantitative estimate of drug-likeness (QED) is 0.679. The normalized spacial score (nSPS) is 21.7. The number of nitrogens with zero attached hydrogens (tertiary/aromatic N) is 4. The van der Waals surface area contributed by atoms with Gasteiger partial charge in [-0.1, -0.05) is 14.4 Å².